The molecule has 0 unspecified atom stereocenters. The van der Waals surface area contributed by atoms with E-state index in [-0.39, 0.29) is 23.1 Å². The van der Waals surface area contributed by atoms with Gasteiger partial charge in [0.15, 0.2) is 10.8 Å². The molecule has 1 amide bonds. The minimum atomic E-state index is -0.889. The molecule has 0 radical (unpaired) electrons. The van der Waals surface area contributed by atoms with Crippen molar-refractivity contribution in [2.75, 3.05) is 4.90 Å². The van der Waals surface area contributed by atoms with E-state index in [0.717, 1.165) is 28.9 Å². The monoisotopic (exact) mass is 453 g/mol. The number of ether oxygens (including phenoxy) is 1. The van der Waals surface area contributed by atoms with Crippen LogP contribution in [0, 0.1) is 25.5 Å². The van der Waals surface area contributed by atoms with Gasteiger partial charge >= 0.3 is 5.97 Å². The third-order valence-corrected chi connectivity index (χ3v) is 5.74. The van der Waals surface area contributed by atoms with Crippen LogP contribution in [0.25, 0.3) is 6.08 Å². The SMILES string of the molecule is CC(=O)N(c1nc(C=C2N=C(c3ccc(F)cc3F)OC2=O)cs1)c1cccc(C)c1C. The molecule has 2 heterocycles. The second kappa shape index (κ2) is 8.43. The standard InChI is InChI=1S/C23H17F2N3O3S/c1-12-5-4-6-20(13(12)2)28(14(3)29)23-26-16(11-32-23)10-19-22(30)31-21(27-19)17-8-7-15(24)9-18(17)25/h4-11H,1-3H3. The number of aryl methyl sites for hydroxylation is 1. The van der Waals surface area contributed by atoms with Crippen molar-refractivity contribution in [1.82, 2.24) is 4.98 Å². The number of aliphatic imine (C=N–C) groups is 1. The highest BCUT2D eigenvalue weighted by atomic mass is 32.1. The van der Waals surface area contributed by atoms with Gasteiger partial charge in [-0.2, -0.15) is 0 Å². The lowest BCUT2D eigenvalue weighted by atomic mass is 10.1. The molecule has 1 aliphatic rings. The molecule has 0 aliphatic carbocycles. The highest BCUT2D eigenvalue weighted by Crippen LogP contribution is 2.33. The summed E-state index contributed by atoms with van der Waals surface area (Å²) >= 11 is 1.23. The van der Waals surface area contributed by atoms with Crippen molar-refractivity contribution in [3.05, 3.63) is 81.5 Å². The summed E-state index contributed by atoms with van der Waals surface area (Å²) in [5, 5.41) is 2.10. The molecule has 4 rings (SSSR count). The fourth-order valence-electron chi connectivity index (χ4n) is 3.16. The molecule has 1 aliphatic heterocycles. The number of cyclic esters (lactones) is 1. The number of esters is 1. The van der Waals surface area contributed by atoms with Crippen LogP contribution in [0.4, 0.5) is 19.6 Å². The molecule has 1 aromatic heterocycles. The molecule has 6 nitrogen and oxygen atoms in total. The molecule has 0 saturated heterocycles. The molecular weight excluding hydrogens is 436 g/mol. The predicted octanol–water partition coefficient (Wildman–Crippen LogP) is 5.07. The van der Waals surface area contributed by atoms with E-state index in [1.807, 2.05) is 32.0 Å². The quantitative estimate of drug-likeness (QED) is 0.409. The first-order valence-corrected chi connectivity index (χ1v) is 10.4. The van der Waals surface area contributed by atoms with Gasteiger partial charge in [0.05, 0.1) is 16.9 Å². The Morgan fingerprint density at radius 2 is 1.97 bits per heavy atom. The summed E-state index contributed by atoms with van der Waals surface area (Å²) in [6, 6.07) is 8.54. The van der Waals surface area contributed by atoms with Crippen molar-refractivity contribution < 1.29 is 23.1 Å². The van der Waals surface area contributed by atoms with Gasteiger partial charge in [-0.25, -0.2) is 23.6 Å². The third kappa shape index (κ3) is 4.06. The zero-order valence-electron chi connectivity index (χ0n) is 17.3. The maximum Gasteiger partial charge on any atom is 0.363 e. The van der Waals surface area contributed by atoms with Crippen molar-refractivity contribution in [2.24, 2.45) is 4.99 Å². The van der Waals surface area contributed by atoms with Gasteiger partial charge in [-0.15, -0.1) is 11.3 Å². The lowest BCUT2D eigenvalue weighted by molar-refractivity contribution is -0.130. The maximum atomic E-state index is 14.0. The third-order valence-electron chi connectivity index (χ3n) is 4.90. The highest BCUT2D eigenvalue weighted by molar-refractivity contribution is 7.14. The molecule has 0 saturated carbocycles. The summed E-state index contributed by atoms with van der Waals surface area (Å²) in [6.45, 7) is 5.33. The fraction of sp³-hybridized carbons (Fsp3) is 0.130. The number of nitrogens with zero attached hydrogens (tertiary/aromatic N) is 3. The van der Waals surface area contributed by atoms with E-state index in [9.17, 15) is 18.4 Å². The number of benzene rings is 2. The van der Waals surface area contributed by atoms with Crippen molar-refractivity contribution in [3.63, 3.8) is 0 Å². The Hall–Kier alpha value is -3.72. The number of anilines is 2. The van der Waals surface area contributed by atoms with E-state index in [0.29, 0.717) is 16.9 Å². The first-order chi connectivity index (χ1) is 15.2. The Morgan fingerprint density at radius 1 is 1.19 bits per heavy atom. The predicted molar refractivity (Wildman–Crippen MR) is 118 cm³/mol. The average Bonchev–Trinajstić information content (AvgIpc) is 3.32. The number of rotatable bonds is 4. The van der Waals surface area contributed by atoms with Crippen LogP contribution in [-0.2, 0) is 14.3 Å². The minimum absolute atomic E-state index is 0.0818. The number of hydrogen-bond donors (Lipinski definition) is 0. The molecule has 0 bridgehead atoms. The van der Waals surface area contributed by atoms with Gasteiger partial charge in [-0.1, -0.05) is 12.1 Å². The van der Waals surface area contributed by atoms with E-state index < -0.39 is 17.6 Å². The average molecular weight is 453 g/mol. The van der Waals surface area contributed by atoms with Gasteiger partial charge in [0.1, 0.15) is 11.6 Å². The van der Waals surface area contributed by atoms with Crippen molar-refractivity contribution in [3.8, 4) is 0 Å². The first kappa shape index (κ1) is 21.5. The molecule has 162 valence electrons. The molecule has 0 atom stereocenters. The van der Waals surface area contributed by atoms with E-state index in [1.54, 1.807) is 5.38 Å². The first-order valence-electron chi connectivity index (χ1n) is 9.55. The van der Waals surface area contributed by atoms with Gasteiger partial charge in [0, 0.05) is 18.4 Å². The number of aromatic nitrogens is 1. The van der Waals surface area contributed by atoms with Gasteiger partial charge < -0.3 is 4.74 Å². The van der Waals surface area contributed by atoms with Crippen molar-refractivity contribution in [2.45, 2.75) is 20.8 Å². The molecule has 0 N–H and O–H groups in total. The summed E-state index contributed by atoms with van der Waals surface area (Å²) in [6.07, 6.45) is 1.39. The second-order valence-electron chi connectivity index (χ2n) is 7.09. The largest absolute Gasteiger partial charge is 0.402 e. The molecule has 9 heteroatoms. The van der Waals surface area contributed by atoms with E-state index >= 15 is 0 Å². The van der Waals surface area contributed by atoms with Gasteiger partial charge in [0.2, 0.25) is 11.8 Å². The minimum Gasteiger partial charge on any atom is -0.402 e. The number of carbonyl (C=O) groups excluding carboxylic acids is 2. The second-order valence-corrected chi connectivity index (χ2v) is 7.93. The summed E-state index contributed by atoms with van der Waals surface area (Å²) in [4.78, 5) is 34.6. The van der Waals surface area contributed by atoms with Gasteiger partial charge in [0.25, 0.3) is 0 Å². The smallest absolute Gasteiger partial charge is 0.363 e. The van der Waals surface area contributed by atoms with Crippen LogP contribution >= 0.6 is 11.3 Å². The van der Waals surface area contributed by atoms with E-state index in [2.05, 4.69) is 9.98 Å². The molecule has 2 aromatic carbocycles. The van der Waals surface area contributed by atoms with Crippen LogP contribution in [0.2, 0.25) is 0 Å². The zero-order chi connectivity index (χ0) is 23.0. The van der Waals surface area contributed by atoms with Gasteiger partial charge in [-0.3, -0.25) is 9.69 Å². The van der Waals surface area contributed by atoms with E-state index in [4.69, 9.17) is 4.74 Å². The van der Waals surface area contributed by atoms with Gasteiger partial charge in [-0.05, 0) is 49.2 Å². The maximum absolute atomic E-state index is 14.0. The van der Waals surface area contributed by atoms with Crippen LogP contribution in [0.15, 0.2) is 52.5 Å². The lowest BCUT2D eigenvalue weighted by Crippen LogP contribution is -2.23. The molecule has 0 spiro atoms. The molecule has 0 fully saturated rings. The summed E-state index contributed by atoms with van der Waals surface area (Å²) in [5.41, 5.74) is 2.89. The number of thiazole rings is 1. The fourth-order valence-corrected chi connectivity index (χ4v) is 4.00. The zero-order valence-corrected chi connectivity index (χ0v) is 18.2. The van der Waals surface area contributed by atoms with Crippen LogP contribution < -0.4 is 4.90 Å². The number of hydrogen-bond acceptors (Lipinski definition) is 6. The number of carbonyl (C=O) groups is 2. The topological polar surface area (TPSA) is 71.9 Å². The Kier molecular flexibility index (Phi) is 5.67. The summed E-state index contributed by atoms with van der Waals surface area (Å²) < 4.78 is 32.2. The Balaban J connectivity index is 1.67. The number of halogens is 2. The Bertz CT molecular complexity index is 1310. The van der Waals surface area contributed by atoms with Crippen molar-refractivity contribution in [1.29, 1.82) is 0 Å². The lowest BCUT2D eigenvalue weighted by Gasteiger charge is -2.21. The van der Waals surface area contributed by atoms with E-state index in [1.165, 1.54) is 29.2 Å². The summed E-state index contributed by atoms with van der Waals surface area (Å²) in [7, 11) is 0. The van der Waals surface area contributed by atoms with Crippen molar-refractivity contribution >= 4 is 46.0 Å². The normalized spacial score (nSPS) is 14.5. The van der Waals surface area contributed by atoms with Crippen LogP contribution in [-0.4, -0.2) is 22.8 Å². The van der Waals surface area contributed by atoms with Crippen LogP contribution in [0.1, 0.15) is 29.3 Å². The van der Waals surface area contributed by atoms with Crippen LogP contribution in [0.5, 0.6) is 0 Å². The molecular formula is C23H17F2N3O3S. The van der Waals surface area contributed by atoms with Crippen LogP contribution in [0.3, 0.4) is 0 Å². The Morgan fingerprint density at radius 3 is 2.69 bits per heavy atom. The molecule has 3 aromatic rings. The number of amides is 1. The highest BCUT2D eigenvalue weighted by Gasteiger charge is 2.27. The molecule has 32 heavy (non-hydrogen) atoms. The Labute approximate surface area is 186 Å². The summed E-state index contributed by atoms with van der Waals surface area (Å²) in [5.74, 6) is -2.88.